The van der Waals surface area contributed by atoms with Crippen molar-refractivity contribution in [1.82, 2.24) is 9.78 Å². The van der Waals surface area contributed by atoms with E-state index in [9.17, 15) is 5.11 Å². The van der Waals surface area contributed by atoms with Crippen molar-refractivity contribution in [2.75, 3.05) is 0 Å². The molecule has 0 atom stereocenters. The summed E-state index contributed by atoms with van der Waals surface area (Å²) in [4.78, 5) is 0. The maximum Gasteiger partial charge on any atom is 0.0681 e. The van der Waals surface area contributed by atoms with E-state index in [0.29, 0.717) is 0 Å². The minimum Gasteiger partial charge on any atom is -0.392 e. The lowest BCUT2D eigenvalue weighted by Crippen LogP contribution is -2.24. The molecule has 0 saturated carbocycles. The number of aliphatic hydroxyl groups excluding tert-OH is 1. The first-order valence-corrected chi connectivity index (χ1v) is 7.86. The van der Waals surface area contributed by atoms with Crippen molar-refractivity contribution in [2.45, 2.75) is 65.9 Å². The van der Waals surface area contributed by atoms with Gasteiger partial charge in [0.2, 0.25) is 0 Å². The van der Waals surface area contributed by atoms with Crippen LogP contribution in [0.2, 0.25) is 0 Å². The Kier molecular flexibility index (Phi) is 4.22. The zero-order valence-corrected chi connectivity index (χ0v) is 14.9. The lowest BCUT2D eigenvalue weighted by molar-refractivity contribution is 0.282. The van der Waals surface area contributed by atoms with E-state index < -0.39 is 0 Å². The molecule has 2 rings (SSSR count). The molecule has 3 nitrogen and oxygen atoms in total. The van der Waals surface area contributed by atoms with Crippen LogP contribution in [0.1, 0.15) is 64.1 Å². The van der Waals surface area contributed by atoms with E-state index in [1.807, 2.05) is 24.3 Å². The summed E-state index contributed by atoms with van der Waals surface area (Å²) in [5.74, 6) is 0. The van der Waals surface area contributed by atoms with Gasteiger partial charge in [0.1, 0.15) is 0 Å². The third-order valence-electron chi connectivity index (χ3n) is 3.88. The Bertz CT molecular complexity index is 652. The number of benzene rings is 1. The van der Waals surface area contributed by atoms with E-state index in [1.54, 1.807) is 0 Å². The summed E-state index contributed by atoms with van der Waals surface area (Å²) in [6.45, 7) is 15.6. The number of aryl methyl sites for hydroxylation is 1. The van der Waals surface area contributed by atoms with Crippen molar-refractivity contribution >= 4 is 0 Å². The number of hydrogen-bond acceptors (Lipinski definition) is 2. The second-order valence-corrected chi connectivity index (χ2v) is 8.05. The van der Waals surface area contributed by atoms with E-state index >= 15 is 0 Å². The van der Waals surface area contributed by atoms with Gasteiger partial charge in [0.05, 0.1) is 23.7 Å². The predicted octanol–water partition coefficient (Wildman–Crippen LogP) is 4.27. The molecule has 0 bridgehead atoms. The van der Waals surface area contributed by atoms with Crippen LogP contribution >= 0.6 is 0 Å². The Morgan fingerprint density at radius 2 is 1.50 bits per heavy atom. The average Bonchev–Trinajstić information content (AvgIpc) is 2.76. The molecule has 0 fully saturated rings. The highest BCUT2D eigenvalue weighted by atomic mass is 16.3. The lowest BCUT2D eigenvalue weighted by Gasteiger charge is -2.28. The van der Waals surface area contributed by atoms with Gasteiger partial charge in [0.15, 0.2) is 0 Å². The van der Waals surface area contributed by atoms with Crippen molar-refractivity contribution in [3.05, 3.63) is 46.8 Å². The highest BCUT2D eigenvalue weighted by molar-refractivity contribution is 5.44. The molecule has 0 radical (unpaired) electrons. The standard InChI is InChI=1S/C19H28N2O/c1-13-16(18(2,3)4)17(19(5,6)7)21(20-13)15-10-8-14(12-22)9-11-15/h8-11,22H,12H2,1-7H3. The monoisotopic (exact) mass is 300 g/mol. The Morgan fingerprint density at radius 1 is 0.955 bits per heavy atom. The maximum absolute atomic E-state index is 9.22. The molecule has 1 heterocycles. The van der Waals surface area contributed by atoms with Crippen molar-refractivity contribution in [2.24, 2.45) is 0 Å². The number of aliphatic hydroxyl groups is 1. The van der Waals surface area contributed by atoms with Gasteiger partial charge in [-0.1, -0.05) is 53.7 Å². The summed E-state index contributed by atoms with van der Waals surface area (Å²) in [6, 6.07) is 7.96. The van der Waals surface area contributed by atoms with E-state index in [0.717, 1.165) is 16.9 Å². The molecule has 1 N–H and O–H groups in total. The van der Waals surface area contributed by atoms with Crippen LogP contribution in [0.5, 0.6) is 0 Å². The zero-order chi connectivity index (χ0) is 16.7. The van der Waals surface area contributed by atoms with Gasteiger partial charge in [-0.15, -0.1) is 0 Å². The summed E-state index contributed by atoms with van der Waals surface area (Å²) < 4.78 is 2.07. The molecule has 0 saturated heterocycles. The number of hydrogen-bond donors (Lipinski definition) is 1. The molecule has 0 aliphatic rings. The Morgan fingerprint density at radius 3 is 1.91 bits per heavy atom. The van der Waals surface area contributed by atoms with E-state index in [1.165, 1.54) is 11.3 Å². The summed E-state index contributed by atoms with van der Waals surface area (Å²) in [5.41, 5.74) is 5.68. The van der Waals surface area contributed by atoms with Crippen LogP contribution in [0.4, 0.5) is 0 Å². The smallest absolute Gasteiger partial charge is 0.0681 e. The van der Waals surface area contributed by atoms with E-state index in [4.69, 9.17) is 5.10 Å². The lowest BCUT2D eigenvalue weighted by atomic mass is 9.78. The molecule has 1 aromatic carbocycles. The third kappa shape index (κ3) is 3.09. The highest BCUT2D eigenvalue weighted by Gasteiger charge is 2.32. The van der Waals surface area contributed by atoms with Gasteiger partial charge >= 0.3 is 0 Å². The second-order valence-electron chi connectivity index (χ2n) is 8.05. The Labute approximate surface area is 134 Å². The van der Waals surface area contributed by atoms with E-state index in [2.05, 4.69) is 53.1 Å². The molecule has 0 unspecified atom stereocenters. The highest BCUT2D eigenvalue weighted by Crippen LogP contribution is 2.37. The molecular formula is C19H28N2O. The van der Waals surface area contributed by atoms with Gasteiger partial charge in [-0.2, -0.15) is 5.10 Å². The largest absolute Gasteiger partial charge is 0.392 e. The first-order chi connectivity index (χ1) is 10.1. The van der Waals surface area contributed by atoms with Crippen LogP contribution in [0, 0.1) is 6.92 Å². The number of rotatable bonds is 2. The summed E-state index contributed by atoms with van der Waals surface area (Å²) in [7, 11) is 0. The van der Waals surface area contributed by atoms with Crippen LogP contribution in [0.3, 0.4) is 0 Å². The topological polar surface area (TPSA) is 38.0 Å². The molecule has 120 valence electrons. The van der Waals surface area contributed by atoms with Crippen molar-refractivity contribution in [1.29, 1.82) is 0 Å². The molecule has 22 heavy (non-hydrogen) atoms. The minimum absolute atomic E-state index is 0.000473. The zero-order valence-electron chi connectivity index (χ0n) is 14.9. The van der Waals surface area contributed by atoms with Gasteiger partial charge in [-0.05, 0) is 30.0 Å². The van der Waals surface area contributed by atoms with Crippen molar-refractivity contribution < 1.29 is 5.11 Å². The molecular weight excluding hydrogens is 272 g/mol. The molecule has 0 aliphatic carbocycles. The first kappa shape index (κ1) is 16.8. The molecule has 0 aliphatic heterocycles. The number of aromatic nitrogens is 2. The summed E-state index contributed by atoms with van der Waals surface area (Å²) in [6.07, 6.45) is 0. The fourth-order valence-corrected chi connectivity index (χ4v) is 3.05. The fraction of sp³-hybridized carbons (Fsp3) is 0.526. The van der Waals surface area contributed by atoms with Crippen molar-refractivity contribution in [3.8, 4) is 5.69 Å². The molecule has 3 heteroatoms. The van der Waals surface area contributed by atoms with Crippen molar-refractivity contribution in [3.63, 3.8) is 0 Å². The van der Waals surface area contributed by atoms with Crippen LogP contribution < -0.4 is 0 Å². The quantitative estimate of drug-likeness (QED) is 0.899. The minimum atomic E-state index is -0.000473. The van der Waals surface area contributed by atoms with Crippen LogP contribution in [0.25, 0.3) is 5.69 Å². The van der Waals surface area contributed by atoms with Crippen LogP contribution in [0.15, 0.2) is 24.3 Å². The van der Waals surface area contributed by atoms with Gasteiger partial charge in [0, 0.05) is 11.0 Å². The Hall–Kier alpha value is -1.61. The first-order valence-electron chi connectivity index (χ1n) is 7.86. The normalized spacial score (nSPS) is 12.7. The molecule has 0 spiro atoms. The summed E-state index contributed by atoms with van der Waals surface area (Å²) in [5, 5.41) is 14.0. The van der Waals surface area contributed by atoms with Crippen LogP contribution in [-0.2, 0) is 17.4 Å². The van der Waals surface area contributed by atoms with Gasteiger partial charge < -0.3 is 5.11 Å². The predicted molar refractivity (Wildman–Crippen MR) is 91.6 cm³/mol. The molecule has 1 aromatic heterocycles. The van der Waals surface area contributed by atoms with E-state index in [-0.39, 0.29) is 17.4 Å². The maximum atomic E-state index is 9.22. The average molecular weight is 300 g/mol. The fourth-order valence-electron chi connectivity index (χ4n) is 3.05. The Balaban J connectivity index is 2.71. The third-order valence-corrected chi connectivity index (χ3v) is 3.88. The van der Waals surface area contributed by atoms with Gasteiger partial charge in [-0.3, -0.25) is 0 Å². The van der Waals surface area contributed by atoms with Gasteiger partial charge in [-0.25, -0.2) is 4.68 Å². The van der Waals surface area contributed by atoms with Gasteiger partial charge in [0.25, 0.3) is 0 Å². The SMILES string of the molecule is Cc1nn(-c2ccc(CO)cc2)c(C(C)(C)C)c1C(C)(C)C. The molecule has 0 amide bonds. The second kappa shape index (κ2) is 5.54. The molecule has 2 aromatic rings. The number of nitrogens with zero attached hydrogens (tertiary/aromatic N) is 2. The summed E-state index contributed by atoms with van der Waals surface area (Å²) >= 11 is 0. The van der Waals surface area contributed by atoms with Crippen LogP contribution in [-0.4, -0.2) is 14.9 Å².